The largest absolute Gasteiger partial charge is 0.135 e. The van der Waals surface area contributed by atoms with E-state index in [0.29, 0.717) is 5.92 Å². The molecule has 0 bridgehead atoms. The molecule has 0 spiro atoms. The van der Waals surface area contributed by atoms with Crippen LogP contribution >= 0.6 is 11.3 Å². The van der Waals surface area contributed by atoms with Crippen LogP contribution in [0.4, 0.5) is 0 Å². The van der Waals surface area contributed by atoms with Crippen molar-refractivity contribution in [2.24, 2.45) is 5.92 Å². The average Bonchev–Trinajstić information content (AvgIpc) is 3.79. The molecule has 0 nitrogen and oxygen atoms in total. The van der Waals surface area contributed by atoms with E-state index < -0.39 is 0 Å². The quantitative estimate of drug-likeness (QED) is 0.151. The van der Waals surface area contributed by atoms with Crippen LogP contribution in [0.25, 0.3) is 58.1 Å². The number of aryl methyl sites for hydroxylation is 4. The molecule has 54 heavy (non-hydrogen) atoms. The van der Waals surface area contributed by atoms with E-state index >= 15 is 0 Å². The molecule has 1 aromatic heterocycles. The number of hydrogen-bond donors (Lipinski definition) is 0. The van der Waals surface area contributed by atoms with Crippen LogP contribution in [-0.4, -0.2) is 0 Å². The van der Waals surface area contributed by atoms with Crippen molar-refractivity contribution in [2.45, 2.75) is 52.9 Å². The number of thiophene rings is 1. The molecule has 1 aliphatic carbocycles. The minimum Gasteiger partial charge on any atom is -0.135 e. The Morgan fingerprint density at radius 1 is 0.574 bits per heavy atom. The van der Waals surface area contributed by atoms with E-state index in [-0.39, 0.29) is 5.92 Å². The van der Waals surface area contributed by atoms with Crippen LogP contribution in [0, 0.1) is 33.6 Å². The summed E-state index contributed by atoms with van der Waals surface area (Å²) in [6, 6.07) is 53.3. The lowest BCUT2D eigenvalue weighted by molar-refractivity contribution is 0.514. The smallest absolute Gasteiger partial charge is 0.0358 e. The second-order valence-corrected chi connectivity index (χ2v) is 16.9. The minimum atomic E-state index is 0.225. The zero-order valence-corrected chi connectivity index (χ0v) is 32.4. The van der Waals surface area contributed by atoms with E-state index in [0.717, 1.165) is 19.3 Å². The first kappa shape index (κ1) is 33.1. The summed E-state index contributed by atoms with van der Waals surface area (Å²) in [6.07, 6.45) is 5.67. The molecular formula is C53H44S. The van der Waals surface area contributed by atoms with Crippen molar-refractivity contribution in [3.63, 3.8) is 0 Å². The van der Waals surface area contributed by atoms with Gasteiger partial charge in [-0.15, -0.1) is 11.3 Å². The van der Waals surface area contributed by atoms with Gasteiger partial charge in [-0.05, 0) is 159 Å². The van der Waals surface area contributed by atoms with E-state index in [1.807, 2.05) is 11.3 Å². The Kier molecular flexibility index (Phi) is 8.04. The van der Waals surface area contributed by atoms with Crippen molar-refractivity contribution in [1.82, 2.24) is 0 Å². The lowest BCUT2D eigenvalue weighted by atomic mass is 9.75. The van der Waals surface area contributed by atoms with Crippen molar-refractivity contribution in [3.8, 4) is 0 Å². The van der Waals surface area contributed by atoms with Gasteiger partial charge in [0.25, 0.3) is 0 Å². The number of fused-ring (bicyclic) bond motifs is 8. The maximum absolute atomic E-state index is 2.60. The van der Waals surface area contributed by atoms with Crippen LogP contribution in [0.15, 0.2) is 146 Å². The van der Waals surface area contributed by atoms with Crippen molar-refractivity contribution >= 4 is 69.4 Å². The summed E-state index contributed by atoms with van der Waals surface area (Å²) in [7, 11) is 0. The predicted molar refractivity (Wildman–Crippen MR) is 235 cm³/mol. The summed E-state index contributed by atoms with van der Waals surface area (Å²) in [5, 5.41) is 10.8. The Morgan fingerprint density at radius 2 is 1.30 bits per heavy atom. The zero-order valence-electron chi connectivity index (χ0n) is 31.5. The first-order valence-electron chi connectivity index (χ1n) is 19.5. The standard InChI is InChI=1S/C53H44S/c1-32-12-8-19-44-36(14-10-18-42(32)44)21-25-46(38-22-24-45-40(28-38)27-35(4)43-16-5-6-17-47(43)45)53(41-29-37-15-7-11-33(2)49(37)30-41)39-23-26-48-51(31-39)54-50-20-9-13-34(3)52(48)50/h5-20,22-28,31,41,53H,21,29-30H2,1-4H3/b46-25+. The Bertz CT molecular complexity index is 2970. The monoisotopic (exact) mass is 712 g/mol. The summed E-state index contributed by atoms with van der Waals surface area (Å²) < 4.78 is 2.76. The topological polar surface area (TPSA) is 0 Å². The van der Waals surface area contributed by atoms with Crippen LogP contribution < -0.4 is 0 Å². The Hall–Kier alpha value is -5.50. The number of allylic oxidation sites excluding steroid dienone is 2. The molecule has 10 rings (SSSR count). The number of hydrogen-bond acceptors (Lipinski definition) is 1. The molecule has 1 heterocycles. The first-order chi connectivity index (χ1) is 26.4. The van der Waals surface area contributed by atoms with Gasteiger partial charge in [0.15, 0.2) is 0 Å². The fourth-order valence-electron chi connectivity index (χ4n) is 9.85. The average molecular weight is 713 g/mol. The second-order valence-electron chi connectivity index (χ2n) is 15.8. The van der Waals surface area contributed by atoms with Gasteiger partial charge < -0.3 is 0 Å². The van der Waals surface area contributed by atoms with Gasteiger partial charge >= 0.3 is 0 Å². The number of benzene rings is 8. The van der Waals surface area contributed by atoms with E-state index in [2.05, 4.69) is 173 Å². The maximum Gasteiger partial charge on any atom is 0.0358 e. The summed E-state index contributed by atoms with van der Waals surface area (Å²) >= 11 is 1.95. The third-order valence-electron chi connectivity index (χ3n) is 12.5. The van der Waals surface area contributed by atoms with E-state index in [1.54, 1.807) is 5.56 Å². The fourth-order valence-corrected chi connectivity index (χ4v) is 11.1. The highest BCUT2D eigenvalue weighted by Gasteiger charge is 2.34. The molecule has 2 atom stereocenters. The van der Waals surface area contributed by atoms with Crippen LogP contribution in [-0.2, 0) is 19.3 Å². The molecule has 2 unspecified atom stereocenters. The third kappa shape index (κ3) is 5.48. The molecule has 0 saturated heterocycles. The van der Waals surface area contributed by atoms with E-state index in [9.17, 15) is 0 Å². The van der Waals surface area contributed by atoms with Gasteiger partial charge in [-0.2, -0.15) is 0 Å². The summed E-state index contributed by atoms with van der Waals surface area (Å²) in [5.41, 5.74) is 14.1. The SMILES string of the molecule is Cc1cccc2c1CC(C(/C(=C/Cc1cccc3c(C)cccc13)c1ccc3c(c1)cc(C)c1ccccc13)c1ccc3c(c1)sc1cccc(C)c13)C2. The molecule has 9 aromatic rings. The third-order valence-corrected chi connectivity index (χ3v) is 13.6. The van der Waals surface area contributed by atoms with Gasteiger partial charge in [0.05, 0.1) is 0 Å². The van der Waals surface area contributed by atoms with Gasteiger partial charge in [-0.25, -0.2) is 0 Å². The van der Waals surface area contributed by atoms with Crippen molar-refractivity contribution in [2.75, 3.05) is 0 Å². The van der Waals surface area contributed by atoms with Gasteiger partial charge in [-0.1, -0.05) is 127 Å². The van der Waals surface area contributed by atoms with Crippen molar-refractivity contribution in [1.29, 1.82) is 0 Å². The first-order valence-corrected chi connectivity index (χ1v) is 20.3. The zero-order chi connectivity index (χ0) is 36.5. The Balaban J connectivity index is 1.21. The van der Waals surface area contributed by atoms with E-state index in [1.165, 1.54) is 103 Å². The summed E-state index contributed by atoms with van der Waals surface area (Å²) in [4.78, 5) is 0. The Labute approximate surface area is 322 Å². The molecule has 8 aromatic carbocycles. The Morgan fingerprint density at radius 3 is 2.19 bits per heavy atom. The molecular weight excluding hydrogens is 669 g/mol. The van der Waals surface area contributed by atoms with Crippen molar-refractivity contribution in [3.05, 3.63) is 196 Å². The van der Waals surface area contributed by atoms with Crippen LogP contribution in [0.2, 0.25) is 0 Å². The second kappa shape index (κ2) is 13.1. The van der Waals surface area contributed by atoms with Gasteiger partial charge in [0.2, 0.25) is 0 Å². The van der Waals surface area contributed by atoms with E-state index in [4.69, 9.17) is 0 Å². The lowest BCUT2D eigenvalue weighted by Gasteiger charge is -2.28. The molecule has 1 heteroatoms. The summed E-state index contributed by atoms with van der Waals surface area (Å²) in [6.45, 7) is 9.05. The minimum absolute atomic E-state index is 0.225. The predicted octanol–water partition coefficient (Wildman–Crippen LogP) is 14.6. The molecule has 0 aliphatic heterocycles. The van der Waals surface area contributed by atoms with Gasteiger partial charge in [0, 0.05) is 26.1 Å². The molecule has 0 radical (unpaired) electrons. The fraction of sp³-hybridized carbons (Fsp3) is 0.170. The van der Waals surface area contributed by atoms with Gasteiger partial charge in [-0.3, -0.25) is 0 Å². The highest BCUT2D eigenvalue weighted by atomic mass is 32.1. The molecule has 0 amide bonds. The molecule has 0 N–H and O–H groups in total. The molecule has 262 valence electrons. The number of rotatable bonds is 6. The highest BCUT2D eigenvalue weighted by Crippen LogP contribution is 2.48. The highest BCUT2D eigenvalue weighted by molar-refractivity contribution is 7.25. The maximum atomic E-state index is 2.60. The van der Waals surface area contributed by atoms with Crippen molar-refractivity contribution < 1.29 is 0 Å². The molecule has 1 aliphatic rings. The normalized spacial score (nSPS) is 15.2. The van der Waals surface area contributed by atoms with Crippen LogP contribution in [0.1, 0.15) is 56.0 Å². The molecule has 0 fully saturated rings. The van der Waals surface area contributed by atoms with Crippen LogP contribution in [0.5, 0.6) is 0 Å². The van der Waals surface area contributed by atoms with Gasteiger partial charge in [0.1, 0.15) is 0 Å². The van der Waals surface area contributed by atoms with Crippen LogP contribution in [0.3, 0.4) is 0 Å². The summed E-state index contributed by atoms with van der Waals surface area (Å²) in [5.74, 6) is 0.674. The molecule has 0 saturated carbocycles. The lowest BCUT2D eigenvalue weighted by Crippen LogP contribution is -2.16.